The van der Waals surface area contributed by atoms with Gasteiger partial charge in [0.05, 0.1) is 0 Å². The maximum atomic E-state index is 10.9. The zero-order valence-electron chi connectivity index (χ0n) is 10.9. The molecular formula is C16H16O2. The second kappa shape index (κ2) is 5.05. The number of carbonyl (C=O) groups excluding carboxylic acids is 1. The largest absolute Gasteiger partial charge is 0.426 e. The third kappa shape index (κ3) is 2.77. The number of hydrogen-bond acceptors (Lipinski definition) is 2. The SMILES string of the molecule is CC(=O)Oc1ccc(-c2ccc(C)cc2)cc1C. The zero-order valence-corrected chi connectivity index (χ0v) is 10.9. The summed E-state index contributed by atoms with van der Waals surface area (Å²) in [4.78, 5) is 10.9. The molecule has 0 saturated carbocycles. The van der Waals surface area contributed by atoms with E-state index in [9.17, 15) is 4.79 Å². The molecule has 2 rings (SSSR count). The normalized spacial score (nSPS) is 10.2. The van der Waals surface area contributed by atoms with Gasteiger partial charge >= 0.3 is 5.97 Å². The van der Waals surface area contributed by atoms with Crippen LogP contribution in [0.25, 0.3) is 11.1 Å². The number of carbonyl (C=O) groups is 1. The van der Waals surface area contributed by atoms with Crippen LogP contribution in [-0.2, 0) is 4.79 Å². The summed E-state index contributed by atoms with van der Waals surface area (Å²) in [5.74, 6) is 0.333. The van der Waals surface area contributed by atoms with Crippen LogP contribution in [0, 0.1) is 13.8 Å². The van der Waals surface area contributed by atoms with Crippen molar-refractivity contribution >= 4 is 5.97 Å². The molecule has 2 aromatic carbocycles. The lowest BCUT2D eigenvalue weighted by Crippen LogP contribution is -2.02. The molecule has 0 saturated heterocycles. The van der Waals surface area contributed by atoms with E-state index in [-0.39, 0.29) is 5.97 Å². The van der Waals surface area contributed by atoms with Crippen LogP contribution in [0.3, 0.4) is 0 Å². The highest BCUT2D eigenvalue weighted by Gasteiger charge is 2.05. The Kier molecular flexibility index (Phi) is 3.47. The molecule has 92 valence electrons. The van der Waals surface area contributed by atoms with Gasteiger partial charge in [0.15, 0.2) is 0 Å². The Balaban J connectivity index is 2.33. The molecule has 0 heterocycles. The van der Waals surface area contributed by atoms with Gasteiger partial charge < -0.3 is 4.74 Å². The molecule has 0 aliphatic rings. The van der Waals surface area contributed by atoms with Gasteiger partial charge in [-0.25, -0.2) is 0 Å². The number of benzene rings is 2. The van der Waals surface area contributed by atoms with Crippen LogP contribution in [0.4, 0.5) is 0 Å². The van der Waals surface area contributed by atoms with Crippen LogP contribution >= 0.6 is 0 Å². The Hall–Kier alpha value is -2.09. The molecule has 2 aromatic rings. The van der Waals surface area contributed by atoms with Crippen LogP contribution in [-0.4, -0.2) is 5.97 Å². The van der Waals surface area contributed by atoms with Crippen molar-refractivity contribution in [2.24, 2.45) is 0 Å². The molecule has 0 aliphatic heterocycles. The summed E-state index contributed by atoms with van der Waals surface area (Å²) in [7, 11) is 0. The third-order valence-electron chi connectivity index (χ3n) is 2.81. The van der Waals surface area contributed by atoms with E-state index in [0.717, 1.165) is 16.7 Å². The van der Waals surface area contributed by atoms with Crippen LogP contribution in [0.2, 0.25) is 0 Å². The van der Waals surface area contributed by atoms with Gasteiger partial charge in [-0.05, 0) is 42.7 Å². The first kappa shape index (κ1) is 12.4. The second-order valence-corrected chi connectivity index (χ2v) is 4.44. The molecule has 18 heavy (non-hydrogen) atoms. The first-order valence-electron chi connectivity index (χ1n) is 5.92. The predicted octanol–water partition coefficient (Wildman–Crippen LogP) is 3.90. The van der Waals surface area contributed by atoms with Crippen molar-refractivity contribution in [1.29, 1.82) is 0 Å². The minimum Gasteiger partial charge on any atom is -0.426 e. The Labute approximate surface area is 107 Å². The molecule has 0 radical (unpaired) electrons. The maximum Gasteiger partial charge on any atom is 0.308 e. The standard InChI is InChI=1S/C16H16O2/c1-11-4-6-14(7-5-11)15-8-9-16(12(2)10-15)18-13(3)17/h4-10H,1-3H3. The first-order chi connectivity index (χ1) is 8.56. The van der Waals surface area contributed by atoms with Crippen molar-refractivity contribution in [3.63, 3.8) is 0 Å². The highest BCUT2D eigenvalue weighted by atomic mass is 16.5. The van der Waals surface area contributed by atoms with E-state index in [0.29, 0.717) is 5.75 Å². The van der Waals surface area contributed by atoms with Crippen LogP contribution in [0.1, 0.15) is 18.1 Å². The van der Waals surface area contributed by atoms with E-state index in [1.807, 2.05) is 25.1 Å². The molecule has 0 atom stereocenters. The highest BCUT2D eigenvalue weighted by Crippen LogP contribution is 2.26. The predicted molar refractivity (Wildman–Crippen MR) is 72.7 cm³/mol. The fraction of sp³-hybridized carbons (Fsp3) is 0.188. The van der Waals surface area contributed by atoms with Crippen molar-refractivity contribution in [2.75, 3.05) is 0 Å². The molecule has 0 bridgehead atoms. The number of hydrogen-bond donors (Lipinski definition) is 0. The van der Waals surface area contributed by atoms with Crippen LogP contribution < -0.4 is 4.74 Å². The summed E-state index contributed by atoms with van der Waals surface area (Å²) in [6.07, 6.45) is 0. The quantitative estimate of drug-likeness (QED) is 0.588. The van der Waals surface area contributed by atoms with Crippen molar-refractivity contribution < 1.29 is 9.53 Å². The number of esters is 1. The summed E-state index contributed by atoms with van der Waals surface area (Å²) >= 11 is 0. The molecule has 0 N–H and O–H groups in total. The average Bonchev–Trinajstić information content (AvgIpc) is 2.32. The summed E-state index contributed by atoms with van der Waals surface area (Å²) in [6, 6.07) is 14.2. The molecule has 0 spiro atoms. The smallest absolute Gasteiger partial charge is 0.308 e. The van der Waals surface area contributed by atoms with E-state index in [1.165, 1.54) is 12.5 Å². The molecule has 2 heteroatoms. The number of rotatable bonds is 2. The van der Waals surface area contributed by atoms with Gasteiger partial charge in [-0.15, -0.1) is 0 Å². The second-order valence-electron chi connectivity index (χ2n) is 4.44. The molecule has 0 fully saturated rings. The number of ether oxygens (including phenoxy) is 1. The fourth-order valence-corrected chi connectivity index (χ4v) is 1.84. The van der Waals surface area contributed by atoms with Crippen LogP contribution in [0.5, 0.6) is 5.75 Å². The lowest BCUT2D eigenvalue weighted by Gasteiger charge is -2.08. The average molecular weight is 240 g/mol. The monoisotopic (exact) mass is 240 g/mol. The van der Waals surface area contributed by atoms with E-state index in [4.69, 9.17) is 4.74 Å². The van der Waals surface area contributed by atoms with Gasteiger partial charge in [-0.3, -0.25) is 4.79 Å². The van der Waals surface area contributed by atoms with E-state index < -0.39 is 0 Å². The Morgan fingerprint density at radius 3 is 2.11 bits per heavy atom. The zero-order chi connectivity index (χ0) is 13.1. The molecule has 0 unspecified atom stereocenters. The summed E-state index contributed by atoms with van der Waals surface area (Å²) < 4.78 is 5.12. The van der Waals surface area contributed by atoms with Crippen molar-refractivity contribution in [3.8, 4) is 16.9 Å². The van der Waals surface area contributed by atoms with E-state index >= 15 is 0 Å². The molecule has 0 aliphatic carbocycles. The molecule has 0 aromatic heterocycles. The van der Waals surface area contributed by atoms with Gasteiger partial charge in [0.2, 0.25) is 0 Å². The molecular weight excluding hydrogens is 224 g/mol. The van der Waals surface area contributed by atoms with E-state index in [2.05, 4.69) is 31.2 Å². The Morgan fingerprint density at radius 2 is 1.56 bits per heavy atom. The topological polar surface area (TPSA) is 26.3 Å². The van der Waals surface area contributed by atoms with Gasteiger partial charge in [0, 0.05) is 6.92 Å². The van der Waals surface area contributed by atoms with Crippen molar-refractivity contribution in [1.82, 2.24) is 0 Å². The third-order valence-corrected chi connectivity index (χ3v) is 2.81. The molecule has 2 nitrogen and oxygen atoms in total. The Morgan fingerprint density at radius 1 is 0.944 bits per heavy atom. The lowest BCUT2D eigenvalue weighted by atomic mass is 10.0. The molecule has 0 amide bonds. The maximum absolute atomic E-state index is 10.9. The van der Waals surface area contributed by atoms with Gasteiger partial charge in [0.25, 0.3) is 0 Å². The van der Waals surface area contributed by atoms with Gasteiger partial charge in [-0.2, -0.15) is 0 Å². The lowest BCUT2D eigenvalue weighted by molar-refractivity contribution is -0.131. The summed E-state index contributed by atoms with van der Waals surface area (Å²) in [6.45, 7) is 5.42. The van der Waals surface area contributed by atoms with Crippen molar-refractivity contribution in [3.05, 3.63) is 53.6 Å². The van der Waals surface area contributed by atoms with Gasteiger partial charge in [-0.1, -0.05) is 35.9 Å². The fourth-order valence-electron chi connectivity index (χ4n) is 1.84. The van der Waals surface area contributed by atoms with E-state index in [1.54, 1.807) is 0 Å². The van der Waals surface area contributed by atoms with Crippen LogP contribution in [0.15, 0.2) is 42.5 Å². The first-order valence-corrected chi connectivity index (χ1v) is 5.92. The van der Waals surface area contributed by atoms with Gasteiger partial charge in [0.1, 0.15) is 5.75 Å². The highest BCUT2D eigenvalue weighted by molar-refractivity contribution is 5.71. The Bertz CT molecular complexity index is 568. The minimum absolute atomic E-state index is 0.291. The van der Waals surface area contributed by atoms with Crippen molar-refractivity contribution in [2.45, 2.75) is 20.8 Å². The minimum atomic E-state index is -0.291. The number of aryl methyl sites for hydroxylation is 2. The summed E-state index contributed by atoms with van der Waals surface area (Å²) in [5, 5.41) is 0. The summed E-state index contributed by atoms with van der Waals surface area (Å²) in [5.41, 5.74) is 4.50.